The van der Waals surface area contributed by atoms with E-state index < -0.39 is 10.4 Å². The average Bonchev–Trinajstić information content (AvgIpc) is 1.95. The molecule has 0 heterocycles. The Bertz CT molecular complexity index is 274. The lowest BCUT2D eigenvalue weighted by atomic mass is 10.6. The van der Waals surface area contributed by atoms with Gasteiger partial charge in [0, 0.05) is 10.4 Å². The van der Waals surface area contributed by atoms with Gasteiger partial charge in [0.15, 0.2) is 0 Å². The summed E-state index contributed by atoms with van der Waals surface area (Å²) in [5, 5.41) is 0. The summed E-state index contributed by atoms with van der Waals surface area (Å²) in [6, 6.07) is 0. The summed E-state index contributed by atoms with van der Waals surface area (Å²) in [4.78, 5) is 0. The van der Waals surface area contributed by atoms with E-state index in [9.17, 15) is 0 Å². The summed E-state index contributed by atoms with van der Waals surface area (Å²) in [5.41, 5.74) is 0. The second-order valence-corrected chi connectivity index (χ2v) is 7.39. The summed E-state index contributed by atoms with van der Waals surface area (Å²) >= 11 is 10.9. The molecule has 0 aliphatic rings. The Morgan fingerprint density at radius 3 is 0.947 bits per heavy atom. The molecule has 19 heavy (non-hydrogen) atoms. The lowest BCUT2D eigenvalue weighted by molar-refractivity contribution is -0.867. The third kappa shape index (κ3) is 70.3. The van der Waals surface area contributed by atoms with Gasteiger partial charge in [0.25, 0.3) is 0 Å². The first-order valence-corrected chi connectivity index (χ1v) is 7.92. The highest BCUT2D eigenvalue weighted by Gasteiger charge is 2.02. The molecule has 0 aromatic heterocycles. The van der Waals surface area contributed by atoms with E-state index in [-0.39, 0.29) is 0 Å². The third-order valence-electron chi connectivity index (χ3n) is 1.51. The molecule has 0 rings (SSSR count). The van der Waals surface area contributed by atoms with Crippen LogP contribution in [0.1, 0.15) is 0 Å². The fraction of sp³-hybridized carbons (Fsp3) is 1.00. The second kappa shape index (κ2) is 11.1. The van der Waals surface area contributed by atoms with Crippen molar-refractivity contribution < 1.29 is 26.5 Å². The smallest absolute Gasteiger partial charge is 0.0918 e. The normalized spacial score (nSPS) is 11.9. The zero-order valence-corrected chi connectivity index (χ0v) is 14.8. The Labute approximate surface area is 127 Å². The van der Waals surface area contributed by atoms with E-state index in [0.717, 1.165) is 33.8 Å². The minimum Gasteiger partial charge on any atom is -0.759 e. The Kier molecular flexibility index (Phi) is 14.2. The summed E-state index contributed by atoms with van der Waals surface area (Å²) in [6.07, 6.45) is 0. The van der Waals surface area contributed by atoms with Gasteiger partial charge in [-0.2, -0.15) is 0 Å². The summed E-state index contributed by atoms with van der Waals surface area (Å²) < 4.78 is 36.0. The molecular weight excluding hydrogens is 315 g/mol. The van der Waals surface area contributed by atoms with Gasteiger partial charge < -0.3 is 18.1 Å². The number of alkyl halides is 2. The monoisotopic (exact) mass is 340 g/mol. The quantitative estimate of drug-likeness (QED) is 0.323. The van der Waals surface area contributed by atoms with Crippen molar-refractivity contribution in [2.75, 3.05) is 67.1 Å². The molecule has 6 nitrogen and oxygen atoms in total. The molecule has 0 unspecified atom stereocenters. The highest BCUT2D eigenvalue weighted by atomic mass is 35.5. The molecule has 0 fully saturated rings. The number of rotatable bonds is 4. The Morgan fingerprint density at radius 1 is 0.789 bits per heavy atom. The largest absolute Gasteiger partial charge is 0.759 e. The van der Waals surface area contributed by atoms with Gasteiger partial charge in [-0.05, 0) is 0 Å². The summed E-state index contributed by atoms with van der Waals surface area (Å²) in [7, 11) is 7.60. The summed E-state index contributed by atoms with van der Waals surface area (Å²) in [6.45, 7) is 2.09. The van der Waals surface area contributed by atoms with Crippen LogP contribution in [0.3, 0.4) is 0 Å². The van der Waals surface area contributed by atoms with Gasteiger partial charge in [0.2, 0.25) is 0 Å². The maximum Gasteiger partial charge on any atom is 0.0918 e. The van der Waals surface area contributed by atoms with Crippen LogP contribution < -0.4 is 0 Å². The van der Waals surface area contributed by atoms with Crippen LogP contribution in [0, 0.1) is 0 Å². The molecule has 0 N–H and O–H groups in total. The SMILES string of the molecule is C[N+](C)(C)CCCl.C[N+](C)(C)CCCl.O=S(=O)([O-])[O-]. The van der Waals surface area contributed by atoms with E-state index in [1.54, 1.807) is 0 Å². The van der Waals surface area contributed by atoms with Crippen LogP contribution in [0.4, 0.5) is 0 Å². The molecule has 0 amide bonds. The Balaban J connectivity index is -0.000000206. The second-order valence-electron chi connectivity index (χ2n) is 5.81. The lowest BCUT2D eigenvalue weighted by Crippen LogP contribution is -2.36. The van der Waals surface area contributed by atoms with Gasteiger partial charge in [-0.15, -0.1) is 23.2 Å². The predicted octanol–water partition coefficient (Wildman–Crippen LogP) is 0.525. The van der Waals surface area contributed by atoms with E-state index in [1.807, 2.05) is 0 Å². The predicted molar refractivity (Wildman–Crippen MR) is 77.7 cm³/mol. The molecule has 0 aromatic rings. The van der Waals surface area contributed by atoms with Gasteiger partial charge in [0.1, 0.15) is 0 Å². The van der Waals surface area contributed by atoms with Crippen LogP contribution in [-0.2, 0) is 10.4 Å². The molecule has 0 saturated carbocycles. The van der Waals surface area contributed by atoms with Gasteiger partial charge >= 0.3 is 0 Å². The molecule has 0 aliphatic heterocycles. The first-order chi connectivity index (χ1) is 8.12. The van der Waals surface area contributed by atoms with Gasteiger partial charge in [-0.1, -0.05) is 0 Å². The van der Waals surface area contributed by atoms with Crippen LogP contribution >= 0.6 is 23.2 Å². The summed E-state index contributed by atoms with van der Waals surface area (Å²) in [5.74, 6) is 1.51. The molecule has 9 heteroatoms. The van der Waals surface area contributed by atoms with E-state index in [0.29, 0.717) is 0 Å². The van der Waals surface area contributed by atoms with Gasteiger partial charge in [-0.3, -0.25) is 8.42 Å². The van der Waals surface area contributed by atoms with Crippen molar-refractivity contribution in [1.82, 2.24) is 0 Å². The molecule has 0 atom stereocenters. The standard InChI is InChI=1S/2C5H13ClN.H2O4S/c2*1-7(2,3)5-4-6;1-5(2,3)4/h2*4-5H2,1-3H3;(H2,1,2,3,4)/q2*+1;/p-2. The van der Waals surface area contributed by atoms with Crippen molar-refractivity contribution >= 4 is 33.6 Å². The fourth-order valence-electron chi connectivity index (χ4n) is 0.507. The third-order valence-corrected chi connectivity index (χ3v) is 1.85. The van der Waals surface area contributed by atoms with E-state index in [2.05, 4.69) is 42.3 Å². The van der Waals surface area contributed by atoms with Crippen molar-refractivity contribution in [2.45, 2.75) is 0 Å². The number of quaternary nitrogens is 2. The van der Waals surface area contributed by atoms with Crippen molar-refractivity contribution in [3.8, 4) is 0 Å². The fourth-order valence-corrected chi connectivity index (χ4v) is 1.52. The number of halogens is 2. The zero-order chi connectivity index (χ0) is 16.3. The van der Waals surface area contributed by atoms with Crippen molar-refractivity contribution in [3.63, 3.8) is 0 Å². The van der Waals surface area contributed by atoms with Crippen LogP contribution in [0.2, 0.25) is 0 Å². The van der Waals surface area contributed by atoms with Crippen molar-refractivity contribution in [2.24, 2.45) is 0 Å². The maximum atomic E-state index is 8.52. The maximum absolute atomic E-state index is 8.52. The van der Waals surface area contributed by atoms with Crippen LogP contribution in [0.5, 0.6) is 0 Å². The molecule has 0 aromatic carbocycles. The van der Waals surface area contributed by atoms with E-state index in [1.165, 1.54) is 0 Å². The van der Waals surface area contributed by atoms with E-state index >= 15 is 0 Å². The number of hydrogen-bond acceptors (Lipinski definition) is 4. The lowest BCUT2D eigenvalue weighted by Gasteiger charge is -2.21. The molecule has 0 saturated heterocycles. The van der Waals surface area contributed by atoms with Crippen LogP contribution in [0.15, 0.2) is 0 Å². The van der Waals surface area contributed by atoms with Crippen LogP contribution in [0.25, 0.3) is 0 Å². The minimum absolute atomic E-state index is 0.753. The minimum atomic E-state index is -5.17. The molecular formula is C10H26Cl2N2O4S. The van der Waals surface area contributed by atoms with Crippen molar-refractivity contribution in [1.29, 1.82) is 0 Å². The first kappa shape index (κ1) is 24.4. The first-order valence-electron chi connectivity index (χ1n) is 5.52. The highest BCUT2D eigenvalue weighted by Crippen LogP contribution is 1.89. The van der Waals surface area contributed by atoms with Crippen LogP contribution in [-0.4, -0.2) is 93.6 Å². The van der Waals surface area contributed by atoms with E-state index in [4.69, 9.17) is 40.7 Å². The van der Waals surface area contributed by atoms with Gasteiger partial charge in [-0.25, -0.2) is 0 Å². The molecule has 0 spiro atoms. The average molecular weight is 341 g/mol. The Hall–Kier alpha value is 0.370. The van der Waals surface area contributed by atoms with Gasteiger partial charge in [0.05, 0.1) is 67.1 Å². The molecule has 120 valence electrons. The van der Waals surface area contributed by atoms with Crippen molar-refractivity contribution in [3.05, 3.63) is 0 Å². The number of hydrogen-bond donors (Lipinski definition) is 0. The molecule has 0 radical (unpaired) electrons. The highest BCUT2D eigenvalue weighted by molar-refractivity contribution is 7.79. The zero-order valence-electron chi connectivity index (χ0n) is 12.5. The Morgan fingerprint density at radius 2 is 0.947 bits per heavy atom. The molecule has 0 aliphatic carbocycles. The topological polar surface area (TPSA) is 80.3 Å². The number of nitrogens with zero attached hydrogens (tertiary/aromatic N) is 2. The molecule has 0 bridgehead atoms.